The lowest BCUT2D eigenvalue weighted by Gasteiger charge is -2.30. The van der Waals surface area contributed by atoms with E-state index in [9.17, 15) is 9.59 Å². The summed E-state index contributed by atoms with van der Waals surface area (Å²) in [5.41, 5.74) is 2.39. The van der Waals surface area contributed by atoms with Crippen molar-refractivity contribution in [3.63, 3.8) is 0 Å². The van der Waals surface area contributed by atoms with Crippen molar-refractivity contribution in [3.05, 3.63) is 53.9 Å². The van der Waals surface area contributed by atoms with Crippen molar-refractivity contribution in [2.24, 2.45) is 5.92 Å². The molecule has 29 heavy (non-hydrogen) atoms. The molecule has 1 aromatic carbocycles. The topological polar surface area (TPSA) is 65.5 Å². The first-order chi connectivity index (χ1) is 14.0. The summed E-state index contributed by atoms with van der Waals surface area (Å²) in [6.07, 6.45) is 2.02. The van der Waals surface area contributed by atoms with Crippen molar-refractivity contribution in [3.8, 4) is 0 Å². The van der Waals surface area contributed by atoms with E-state index in [-0.39, 0.29) is 17.5 Å². The molecule has 2 aromatic rings. The van der Waals surface area contributed by atoms with E-state index in [0.717, 1.165) is 44.7 Å². The van der Waals surface area contributed by atoms with Gasteiger partial charge in [-0.15, -0.1) is 0 Å². The summed E-state index contributed by atoms with van der Waals surface area (Å²) in [6.45, 7) is 9.80. The molecule has 1 fully saturated rings. The lowest BCUT2D eigenvalue weighted by atomic mass is 9.99. The van der Waals surface area contributed by atoms with Gasteiger partial charge in [-0.1, -0.05) is 13.0 Å². The smallest absolute Gasteiger partial charge is 0.274 e. The van der Waals surface area contributed by atoms with E-state index in [1.807, 2.05) is 29.2 Å². The zero-order valence-corrected chi connectivity index (χ0v) is 17.5. The summed E-state index contributed by atoms with van der Waals surface area (Å²) in [5, 5.41) is 2.87. The van der Waals surface area contributed by atoms with Gasteiger partial charge in [-0.05, 0) is 69.0 Å². The predicted octanol–water partition coefficient (Wildman–Crippen LogP) is 4.05. The summed E-state index contributed by atoms with van der Waals surface area (Å²) in [5.74, 6) is 0.231. The molecule has 1 aliphatic heterocycles. The minimum Gasteiger partial charge on any atom is -0.372 e. The highest BCUT2D eigenvalue weighted by molar-refractivity contribution is 6.04. The lowest BCUT2D eigenvalue weighted by molar-refractivity contribution is 0.0691. The quantitative estimate of drug-likeness (QED) is 0.803. The van der Waals surface area contributed by atoms with Gasteiger partial charge in [0.15, 0.2) is 0 Å². The van der Waals surface area contributed by atoms with Gasteiger partial charge in [0.2, 0.25) is 0 Å². The van der Waals surface area contributed by atoms with Crippen LogP contribution in [0.25, 0.3) is 0 Å². The SMILES string of the molecule is CCN(CC)c1ccc(NC(=O)c2cccc(C(=O)N3CCC(C)CC3)n2)cc1. The molecule has 1 saturated heterocycles. The maximum absolute atomic E-state index is 12.7. The van der Waals surface area contributed by atoms with Crippen LogP contribution in [0.5, 0.6) is 0 Å². The Balaban J connectivity index is 1.67. The van der Waals surface area contributed by atoms with Crippen molar-refractivity contribution in [1.82, 2.24) is 9.88 Å². The van der Waals surface area contributed by atoms with Gasteiger partial charge in [0.25, 0.3) is 11.8 Å². The third kappa shape index (κ3) is 5.13. The number of hydrogen-bond acceptors (Lipinski definition) is 4. The number of nitrogens with zero attached hydrogens (tertiary/aromatic N) is 3. The minimum atomic E-state index is -0.317. The summed E-state index contributed by atoms with van der Waals surface area (Å²) in [4.78, 5) is 33.7. The van der Waals surface area contributed by atoms with Crippen LogP contribution in [0.2, 0.25) is 0 Å². The Kier molecular flexibility index (Phi) is 6.86. The van der Waals surface area contributed by atoms with Gasteiger partial charge < -0.3 is 15.1 Å². The second-order valence-corrected chi connectivity index (χ2v) is 7.56. The van der Waals surface area contributed by atoms with Crippen LogP contribution >= 0.6 is 0 Å². The number of likely N-dealkylation sites (tertiary alicyclic amines) is 1. The average molecular weight is 395 g/mol. The van der Waals surface area contributed by atoms with E-state index < -0.39 is 0 Å². The second-order valence-electron chi connectivity index (χ2n) is 7.56. The fraction of sp³-hybridized carbons (Fsp3) is 0.435. The number of benzene rings is 1. The Morgan fingerprint density at radius 3 is 2.28 bits per heavy atom. The number of hydrogen-bond donors (Lipinski definition) is 1. The number of nitrogens with one attached hydrogen (secondary N) is 1. The highest BCUT2D eigenvalue weighted by Gasteiger charge is 2.23. The van der Waals surface area contributed by atoms with Gasteiger partial charge in [-0.25, -0.2) is 4.98 Å². The zero-order chi connectivity index (χ0) is 20.8. The minimum absolute atomic E-state index is 0.102. The largest absolute Gasteiger partial charge is 0.372 e. The molecule has 0 radical (unpaired) electrons. The van der Waals surface area contributed by atoms with Crippen LogP contribution < -0.4 is 10.2 Å². The van der Waals surface area contributed by atoms with E-state index in [1.54, 1.807) is 18.2 Å². The summed E-state index contributed by atoms with van der Waals surface area (Å²) in [7, 11) is 0. The molecule has 3 rings (SSSR count). The average Bonchev–Trinajstić information content (AvgIpc) is 2.76. The van der Waals surface area contributed by atoms with E-state index >= 15 is 0 Å². The first kappa shape index (κ1) is 20.8. The van der Waals surface area contributed by atoms with Crippen molar-refractivity contribution in [1.29, 1.82) is 0 Å². The summed E-state index contributed by atoms with van der Waals surface area (Å²) < 4.78 is 0. The summed E-state index contributed by atoms with van der Waals surface area (Å²) in [6, 6.07) is 12.8. The zero-order valence-electron chi connectivity index (χ0n) is 17.5. The van der Waals surface area contributed by atoms with Crippen molar-refractivity contribution >= 4 is 23.2 Å². The molecule has 6 heteroatoms. The van der Waals surface area contributed by atoms with Crippen molar-refractivity contribution in [2.45, 2.75) is 33.6 Å². The molecular formula is C23H30N4O2. The molecule has 2 heterocycles. The van der Waals surface area contributed by atoms with Gasteiger partial charge >= 0.3 is 0 Å². The molecule has 1 aliphatic rings. The number of carbonyl (C=O) groups excluding carboxylic acids is 2. The third-order valence-corrected chi connectivity index (χ3v) is 5.53. The Labute approximate surface area is 172 Å². The number of piperidine rings is 1. The molecule has 2 amide bonds. The van der Waals surface area contributed by atoms with Crippen molar-refractivity contribution < 1.29 is 9.59 Å². The molecular weight excluding hydrogens is 364 g/mol. The lowest BCUT2D eigenvalue weighted by Crippen LogP contribution is -2.38. The predicted molar refractivity (Wildman–Crippen MR) is 116 cm³/mol. The molecule has 0 unspecified atom stereocenters. The number of aromatic nitrogens is 1. The van der Waals surface area contributed by atoms with Gasteiger partial charge in [-0.2, -0.15) is 0 Å². The maximum atomic E-state index is 12.7. The summed E-state index contributed by atoms with van der Waals surface area (Å²) >= 11 is 0. The molecule has 154 valence electrons. The van der Waals surface area contributed by atoms with E-state index in [4.69, 9.17) is 0 Å². The first-order valence-corrected chi connectivity index (χ1v) is 10.4. The molecule has 0 spiro atoms. The molecule has 0 bridgehead atoms. The number of amides is 2. The third-order valence-electron chi connectivity index (χ3n) is 5.53. The van der Waals surface area contributed by atoms with Gasteiger partial charge in [0.1, 0.15) is 11.4 Å². The van der Waals surface area contributed by atoms with Gasteiger partial charge in [0.05, 0.1) is 0 Å². The second kappa shape index (κ2) is 9.54. The van der Waals surface area contributed by atoms with E-state index in [1.165, 1.54) is 0 Å². The highest BCUT2D eigenvalue weighted by atomic mass is 16.2. The van der Waals surface area contributed by atoms with Crippen LogP contribution in [0.15, 0.2) is 42.5 Å². The van der Waals surface area contributed by atoms with E-state index in [0.29, 0.717) is 17.3 Å². The van der Waals surface area contributed by atoms with E-state index in [2.05, 4.69) is 36.0 Å². The Morgan fingerprint density at radius 1 is 1.03 bits per heavy atom. The molecule has 0 aliphatic carbocycles. The van der Waals surface area contributed by atoms with Crippen LogP contribution in [0.3, 0.4) is 0 Å². The number of pyridine rings is 1. The first-order valence-electron chi connectivity index (χ1n) is 10.4. The van der Waals surface area contributed by atoms with Crippen LogP contribution in [-0.4, -0.2) is 47.9 Å². The molecule has 6 nitrogen and oxygen atoms in total. The van der Waals surface area contributed by atoms with Crippen molar-refractivity contribution in [2.75, 3.05) is 36.4 Å². The number of rotatable bonds is 6. The standard InChI is InChI=1S/C23H30N4O2/c1-4-26(5-2)19-11-9-18(10-12-19)24-22(28)20-7-6-8-21(25-20)23(29)27-15-13-17(3)14-16-27/h6-12,17H,4-5,13-16H2,1-3H3,(H,24,28). The number of anilines is 2. The molecule has 0 saturated carbocycles. The Morgan fingerprint density at radius 2 is 1.66 bits per heavy atom. The van der Waals surface area contributed by atoms with Gasteiger partial charge in [-0.3, -0.25) is 9.59 Å². The number of carbonyl (C=O) groups is 2. The van der Waals surface area contributed by atoms with Crippen LogP contribution in [-0.2, 0) is 0 Å². The van der Waals surface area contributed by atoms with Crippen LogP contribution in [0.4, 0.5) is 11.4 Å². The normalized spacial score (nSPS) is 14.5. The van der Waals surface area contributed by atoms with Crippen LogP contribution in [0, 0.1) is 5.92 Å². The fourth-order valence-corrected chi connectivity index (χ4v) is 3.59. The highest BCUT2D eigenvalue weighted by Crippen LogP contribution is 2.19. The molecule has 0 atom stereocenters. The fourth-order valence-electron chi connectivity index (χ4n) is 3.59. The Bertz CT molecular complexity index is 838. The molecule has 1 N–H and O–H groups in total. The Hall–Kier alpha value is -2.89. The van der Waals surface area contributed by atoms with Crippen LogP contribution in [0.1, 0.15) is 54.6 Å². The monoisotopic (exact) mass is 394 g/mol. The maximum Gasteiger partial charge on any atom is 0.274 e. The van der Waals surface area contributed by atoms with Gasteiger partial charge in [0, 0.05) is 37.6 Å². The molecule has 1 aromatic heterocycles.